The highest BCUT2D eigenvalue weighted by Crippen LogP contribution is 2.14. The first-order chi connectivity index (χ1) is 11.5. The average Bonchev–Trinajstić information content (AvgIpc) is 2.55. The Bertz CT molecular complexity index is 655. The Kier molecular flexibility index (Phi) is 6.78. The Labute approximate surface area is 141 Å². The number of aliphatic hydroxyl groups excluding tert-OH is 1. The van der Waals surface area contributed by atoms with E-state index in [1.807, 2.05) is 31.2 Å². The molecular weight excluding hydrogens is 306 g/mol. The molecule has 0 aromatic heterocycles. The van der Waals surface area contributed by atoms with Crippen LogP contribution in [-0.4, -0.2) is 35.9 Å². The van der Waals surface area contributed by atoms with Crippen LogP contribution in [0.15, 0.2) is 48.5 Å². The normalized spacial score (nSPS) is 11.9. The fraction of sp³-hybridized carbons (Fsp3) is 0.316. The van der Waals surface area contributed by atoms with Crippen LogP contribution in [0.25, 0.3) is 0 Å². The molecule has 1 unspecified atom stereocenters. The molecule has 0 bridgehead atoms. The van der Waals surface area contributed by atoms with Crippen molar-refractivity contribution < 1.29 is 19.7 Å². The van der Waals surface area contributed by atoms with Gasteiger partial charge in [0.1, 0.15) is 12.4 Å². The van der Waals surface area contributed by atoms with Crippen molar-refractivity contribution >= 4 is 5.97 Å². The molecule has 0 saturated carbocycles. The molecule has 0 aliphatic carbocycles. The predicted molar refractivity (Wildman–Crippen MR) is 92.3 cm³/mol. The van der Waals surface area contributed by atoms with E-state index in [9.17, 15) is 9.90 Å². The van der Waals surface area contributed by atoms with Gasteiger partial charge in [0.2, 0.25) is 0 Å². The van der Waals surface area contributed by atoms with Gasteiger partial charge in [0.25, 0.3) is 0 Å². The number of ether oxygens (including phenoxy) is 1. The van der Waals surface area contributed by atoms with Crippen LogP contribution >= 0.6 is 0 Å². The number of hydrogen-bond donors (Lipinski definition) is 3. The number of carboxylic acids is 1. The van der Waals surface area contributed by atoms with Crippen LogP contribution in [0.5, 0.6) is 5.75 Å². The van der Waals surface area contributed by atoms with Gasteiger partial charge in [0, 0.05) is 13.1 Å². The largest absolute Gasteiger partial charge is 0.492 e. The summed E-state index contributed by atoms with van der Waals surface area (Å²) in [5.74, 6) is -0.148. The zero-order valence-corrected chi connectivity index (χ0v) is 13.7. The molecule has 0 aliphatic heterocycles. The van der Waals surface area contributed by atoms with Crippen molar-refractivity contribution in [3.8, 4) is 5.75 Å². The van der Waals surface area contributed by atoms with Gasteiger partial charge in [0.05, 0.1) is 12.5 Å². The summed E-state index contributed by atoms with van der Waals surface area (Å²) in [6, 6.07) is 14.8. The molecule has 1 atom stereocenters. The first-order valence-electron chi connectivity index (χ1n) is 7.93. The second-order valence-corrected chi connectivity index (χ2v) is 5.70. The van der Waals surface area contributed by atoms with Gasteiger partial charge < -0.3 is 20.3 Å². The van der Waals surface area contributed by atoms with E-state index in [0.717, 1.165) is 16.7 Å². The summed E-state index contributed by atoms with van der Waals surface area (Å²) < 4.78 is 5.58. The molecule has 0 spiro atoms. The highest BCUT2D eigenvalue weighted by Gasteiger charge is 2.06. The van der Waals surface area contributed by atoms with Crippen molar-refractivity contribution in [2.45, 2.75) is 19.4 Å². The number of carbonyl (C=O) groups is 1. The van der Waals surface area contributed by atoms with E-state index in [1.165, 1.54) is 0 Å². The molecule has 0 radical (unpaired) electrons. The van der Waals surface area contributed by atoms with Crippen LogP contribution in [0.4, 0.5) is 0 Å². The Hall–Kier alpha value is -2.37. The Morgan fingerprint density at radius 3 is 2.62 bits per heavy atom. The van der Waals surface area contributed by atoms with Gasteiger partial charge in [-0.1, -0.05) is 42.0 Å². The number of carboxylic acid groups (broad SMARTS) is 1. The summed E-state index contributed by atoms with van der Waals surface area (Å²) in [6.45, 7) is 3.54. The summed E-state index contributed by atoms with van der Waals surface area (Å²) in [4.78, 5) is 10.6. The van der Waals surface area contributed by atoms with Crippen molar-refractivity contribution in [3.05, 3.63) is 65.2 Å². The number of aryl methyl sites for hydroxylation is 1. The maximum absolute atomic E-state index is 10.6. The van der Waals surface area contributed by atoms with Crippen molar-refractivity contribution in [1.29, 1.82) is 0 Å². The quantitative estimate of drug-likeness (QED) is 0.615. The molecule has 0 saturated heterocycles. The molecule has 5 nitrogen and oxygen atoms in total. The van der Waals surface area contributed by atoms with Crippen LogP contribution in [0.3, 0.4) is 0 Å². The topological polar surface area (TPSA) is 78.8 Å². The van der Waals surface area contributed by atoms with E-state index < -0.39 is 12.1 Å². The van der Waals surface area contributed by atoms with Crippen molar-refractivity contribution in [2.75, 3.05) is 19.7 Å². The number of hydrogen-bond acceptors (Lipinski definition) is 4. The lowest BCUT2D eigenvalue weighted by molar-refractivity contribution is -0.136. The summed E-state index contributed by atoms with van der Waals surface area (Å²) in [5.41, 5.74) is 2.77. The highest BCUT2D eigenvalue weighted by atomic mass is 16.5. The second-order valence-electron chi connectivity index (χ2n) is 5.70. The number of aliphatic hydroxyl groups is 1. The summed E-state index contributed by atoms with van der Waals surface area (Å²) >= 11 is 0. The minimum atomic E-state index is -0.847. The van der Waals surface area contributed by atoms with E-state index >= 15 is 0 Å². The predicted octanol–water partition coefficient (Wildman–Crippen LogP) is 2.32. The van der Waals surface area contributed by atoms with Crippen molar-refractivity contribution in [1.82, 2.24) is 5.32 Å². The number of rotatable bonds is 9. The first kappa shape index (κ1) is 18.0. The third-order valence-electron chi connectivity index (χ3n) is 3.59. The summed E-state index contributed by atoms with van der Waals surface area (Å²) in [7, 11) is 0. The molecule has 2 rings (SSSR count). The molecule has 2 aromatic rings. The summed E-state index contributed by atoms with van der Waals surface area (Å²) in [6.07, 6.45) is -0.529. The fourth-order valence-electron chi connectivity index (χ4n) is 2.35. The van der Waals surface area contributed by atoms with Crippen molar-refractivity contribution in [3.63, 3.8) is 0 Å². The van der Waals surface area contributed by atoms with E-state index in [1.54, 1.807) is 24.3 Å². The van der Waals surface area contributed by atoms with E-state index in [-0.39, 0.29) is 6.42 Å². The zero-order chi connectivity index (χ0) is 17.4. The lowest BCUT2D eigenvalue weighted by atomic mass is 10.1. The van der Waals surface area contributed by atoms with Crippen LogP contribution in [0.2, 0.25) is 0 Å². The SMILES string of the molecule is Cc1cccc(C(O)CNCCOc2ccc(CC(=O)O)cc2)c1. The van der Waals surface area contributed by atoms with Gasteiger partial charge in [-0.2, -0.15) is 0 Å². The minimum Gasteiger partial charge on any atom is -0.492 e. The number of benzene rings is 2. The van der Waals surface area contributed by atoms with E-state index in [2.05, 4.69) is 5.32 Å². The molecule has 0 amide bonds. The second kappa shape index (κ2) is 9.05. The van der Waals surface area contributed by atoms with E-state index in [4.69, 9.17) is 9.84 Å². The van der Waals surface area contributed by atoms with Gasteiger partial charge in [-0.3, -0.25) is 4.79 Å². The third-order valence-corrected chi connectivity index (χ3v) is 3.59. The molecule has 128 valence electrons. The van der Waals surface area contributed by atoms with Gasteiger partial charge in [-0.25, -0.2) is 0 Å². The Balaban J connectivity index is 1.66. The zero-order valence-electron chi connectivity index (χ0n) is 13.7. The summed E-state index contributed by atoms with van der Waals surface area (Å²) in [5, 5.41) is 22.0. The van der Waals surface area contributed by atoms with E-state index in [0.29, 0.717) is 25.4 Å². The Morgan fingerprint density at radius 1 is 1.21 bits per heavy atom. The molecule has 2 aromatic carbocycles. The highest BCUT2D eigenvalue weighted by molar-refractivity contribution is 5.70. The first-order valence-corrected chi connectivity index (χ1v) is 7.93. The fourth-order valence-corrected chi connectivity index (χ4v) is 2.35. The number of nitrogens with one attached hydrogen (secondary N) is 1. The molecular formula is C19H23NO4. The lowest BCUT2D eigenvalue weighted by Gasteiger charge is -2.13. The van der Waals surface area contributed by atoms with Crippen LogP contribution in [0, 0.1) is 6.92 Å². The van der Waals surface area contributed by atoms with Crippen LogP contribution < -0.4 is 10.1 Å². The molecule has 0 heterocycles. The average molecular weight is 329 g/mol. The van der Waals surface area contributed by atoms with Gasteiger partial charge >= 0.3 is 5.97 Å². The lowest BCUT2D eigenvalue weighted by Crippen LogP contribution is -2.26. The molecule has 5 heteroatoms. The third kappa shape index (κ3) is 6.02. The standard InChI is InChI=1S/C19H23NO4/c1-14-3-2-4-16(11-14)18(21)13-20-9-10-24-17-7-5-15(6-8-17)12-19(22)23/h2-8,11,18,20-21H,9-10,12-13H2,1H3,(H,22,23). The molecule has 0 aliphatic rings. The van der Waals surface area contributed by atoms with Crippen LogP contribution in [0.1, 0.15) is 22.8 Å². The van der Waals surface area contributed by atoms with Gasteiger partial charge in [-0.15, -0.1) is 0 Å². The Morgan fingerprint density at radius 2 is 1.96 bits per heavy atom. The van der Waals surface area contributed by atoms with Gasteiger partial charge in [-0.05, 0) is 30.2 Å². The number of aliphatic carboxylic acids is 1. The van der Waals surface area contributed by atoms with Crippen LogP contribution in [-0.2, 0) is 11.2 Å². The monoisotopic (exact) mass is 329 g/mol. The smallest absolute Gasteiger partial charge is 0.307 e. The molecule has 3 N–H and O–H groups in total. The molecule has 24 heavy (non-hydrogen) atoms. The molecule has 0 fully saturated rings. The van der Waals surface area contributed by atoms with Gasteiger partial charge in [0.15, 0.2) is 0 Å². The van der Waals surface area contributed by atoms with Crippen molar-refractivity contribution in [2.24, 2.45) is 0 Å². The maximum Gasteiger partial charge on any atom is 0.307 e. The minimum absolute atomic E-state index is 0.0126. The maximum atomic E-state index is 10.6.